The molecule has 17 heavy (non-hydrogen) atoms. The van der Waals surface area contributed by atoms with Crippen molar-refractivity contribution in [3.05, 3.63) is 28.7 Å². The second kappa shape index (κ2) is 6.38. The fourth-order valence-corrected chi connectivity index (χ4v) is 1.78. The molecular formula is C13H18BrNO2. The third kappa shape index (κ3) is 5.06. The zero-order valence-electron chi connectivity index (χ0n) is 9.73. The summed E-state index contributed by atoms with van der Waals surface area (Å²) in [5.74, 6) is 0.752. The van der Waals surface area contributed by atoms with E-state index < -0.39 is 6.10 Å². The predicted molar refractivity (Wildman–Crippen MR) is 72.2 cm³/mol. The Bertz CT molecular complexity index is 338. The molecule has 1 aromatic rings. The van der Waals surface area contributed by atoms with Gasteiger partial charge >= 0.3 is 0 Å². The Kier molecular flexibility index (Phi) is 4.83. The molecule has 0 heterocycles. The predicted octanol–water partition coefficient (Wildman–Crippen LogP) is 2.65. The van der Waals surface area contributed by atoms with Gasteiger partial charge in [0.05, 0.1) is 12.7 Å². The van der Waals surface area contributed by atoms with Gasteiger partial charge in [-0.05, 0) is 43.0 Å². The molecule has 0 aromatic heterocycles. The van der Waals surface area contributed by atoms with Gasteiger partial charge < -0.3 is 15.2 Å². The van der Waals surface area contributed by atoms with Crippen LogP contribution >= 0.6 is 15.9 Å². The number of halogens is 1. The van der Waals surface area contributed by atoms with E-state index in [4.69, 9.17) is 4.74 Å². The molecule has 1 saturated carbocycles. The second-order valence-electron chi connectivity index (χ2n) is 4.52. The minimum absolute atomic E-state index is 0.417. The molecule has 1 fully saturated rings. The summed E-state index contributed by atoms with van der Waals surface area (Å²) in [6, 6.07) is 7.89. The first kappa shape index (κ1) is 12.9. The van der Waals surface area contributed by atoms with E-state index in [0.29, 0.717) is 13.2 Å². The Morgan fingerprint density at radius 3 is 2.71 bits per heavy atom. The van der Waals surface area contributed by atoms with Crippen LogP contribution in [0.15, 0.2) is 28.7 Å². The lowest BCUT2D eigenvalue weighted by Crippen LogP contribution is -2.25. The Balaban J connectivity index is 1.60. The summed E-state index contributed by atoms with van der Waals surface area (Å²) in [5.41, 5.74) is 1.01. The number of nitrogens with one attached hydrogen (secondary N) is 1. The number of aliphatic hydroxyl groups excluding tert-OH is 1. The molecule has 1 aliphatic rings. The fraction of sp³-hybridized carbons (Fsp3) is 0.538. The summed E-state index contributed by atoms with van der Waals surface area (Å²) in [4.78, 5) is 0. The lowest BCUT2D eigenvalue weighted by molar-refractivity contribution is 0.0386. The Hall–Kier alpha value is -0.580. The number of anilines is 1. The Morgan fingerprint density at radius 1 is 1.35 bits per heavy atom. The standard InChI is InChI=1S/C13H18BrNO2/c14-11-3-5-12(6-4-11)15-7-13(16)9-17-8-10-1-2-10/h3-6,10,13,15-16H,1-2,7-9H2. The zero-order valence-corrected chi connectivity index (χ0v) is 11.3. The largest absolute Gasteiger partial charge is 0.389 e. The molecule has 94 valence electrons. The smallest absolute Gasteiger partial charge is 0.0945 e. The molecule has 0 amide bonds. The van der Waals surface area contributed by atoms with Gasteiger partial charge in [0, 0.05) is 23.3 Å². The van der Waals surface area contributed by atoms with E-state index >= 15 is 0 Å². The lowest BCUT2D eigenvalue weighted by atomic mass is 10.3. The van der Waals surface area contributed by atoms with Gasteiger partial charge in [-0.1, -0.05) is 15.9 Å². The van der Waals surface area contributed by atoms with E-state index in [1.165, 1.54) is 12.8 Å². The molecule has 3 nitrogen and oxygen atoms in total. The molecule has 0 aliphatic heterocycles. The van der Waals surface area contributed by atoms with Crippen molar-refractivity contribution >= 4 is 21.6 Å². The lowest BCUT2D eigenvalue weighted by Gasteiger charge is -2.13. The molecular weight excluding hydrogens is 282 g/mol. The highest BCUT2D eigenvalue weighted by Gasteiger charge is 2.21. The van der Waals surface area contributed by atoms with Crippen LogP contribution in [0.25, 0.3) is 0 Å². The maximum atomic E-state index is 9.70. The SMILES string of the molecule is OC(CNc1ccc(Br)cc1)COCC1CC1. The van der Waals surface area contributed by atoms with Crippen molar-refractivity contribution < 1.29 is 9.84 Å². The summed E-state index contributed by atoms with van der Waals surface area (Å²) in [5, 5.41) is 12.9. The van der Waals surface area contributed by atoms with E-state index in [0.717, 1.165) is 22.7 Å². The molecule has 1 unspecified atom stereocenters. The summed E-state index contributed by atoms with van der Waals surface area (Å²) in [6.07, 6.45) is 2.12. The highest BCUT2D eigenvalue weighted by Crippen LogP contribution is 2.28. The first-order valence-corrected chi connectivity index (χ1v) is 6.78. The quantitative estimate of drug-likeness (QED) is 0.813. The summed E-state index contributed by atoms with van der Waals surface area (Å²) in [7, 11) is 0. The van der Waals surface area contributed by atoms with Gasteiger partial charge in [-0.25, -0.2) is 0 Å². The van der Waals surface area contributed by atoms with Gasteiger partial charge in [0.2, 0.25) is 0 Å². The van der Waals surface area contributed by atoms with Crippen molar-refractivity contribution in [3.63, 3.8) is 0 Å². The van der Waals surface area contributed by atoms with Crippen molar-refractivity contribution in [2.24, 2.45) is 5.92 Å². The molecule has 0 radical (unpaired) electrons. The molecule has 4 heteroatoms. The van der Waals surface area contributed by atoms with Gasteiger partial charge in [0.1, 0.15) is 0 Å². The van der Waals surface area contributed by atoms with Crippen LogP contribution in [-0.2, 0) is 4.74 Å². The van der Waals surface area contributed by atoms with E-state index in [2.05, 4.69) is 21.2 Å². The minimum Gasteiger partial charge on any atom is -0.389 e. The average Bonchev–Trinajstić information content (AvgIpc) is 3.12. The zero-order chi connectivity index (χ0) is 12.1. The highest BCUT2D eigenvalue weighted by atomic mass is 79.9. The van der Waals surface area contributed by atoms with Crippen molar-refractivity contribution in [2.45, 2.75) is 18.9 Å². The van der Waals surface area contributed by atoms with Crippen LogP contribution in [0.4, 0.5) is 5.69 Å². The van der Waals surface area contributed by atoms with Crippen LogP contribution in [-0.4, -0.2) is 31.0 Å². The topological polar surface area (TPSA) is 41.5 Å². The minimum atomic E-state index is -0.447. The summed E-state index contributed by atoms with van der Waals surface area (Å²) < 4.78 is 6.48. The third-order valence-corrected chi connectivity index (χ3v) is 3.28. The Morgan fingerprint density at radius 2 is 2.06 bits per heavy atom. The van der Waals surface area contributed by atoms with E-state index in [1.54, 1.807) is 0 Å². The van der Waals surface area contributed by atoms with Crippen LogP contribution in [0.1, 0.15) is 12.8 Å². The number of hydrogen-bond donors (Lipinski definition) is 2. The average molecular weight is 300 g/mol. The summed E-state index contributed by atoms with van der Waals surface area (Å²) >= 11 is 3.38. The number of hydrogen-bond acceptors (Lipinski definition) is 3. The van der Waals surface area contributed by atoms with Gasteiger partial charge in [0.25, 0.3) is 0 Å². The van der Waals surface area contributed by atoms with Crippen LogP contribution in [0.3, 0.4) is 0 Å². The first-order valence-electron chi connectivity index (χ1n) is 5.99. The molecule has 1 atom stereocenters. The van der Waals surface area contributed by atoms with Crippen molar-refractivity contribution in [3.8, 4) is 0 Å². The van der Waals surface area contributed by atoms with Crippen LogP contribution in [0, 0.1) is 5.92 Å². The van der Waals surface area contributed by atoms with Gasteiger partial charge in [-0.3, -0.25) is 0 Å². The molecule has 1 aromatic carbocycles. The molecule has 2 N–H and O–H groups in total. The Labute approximate surface area is 110 Å². The number of aliphatic hydroxyl groups is 1. The van der Waals surface area contributed by atoms with Crippen LogP contribution in [0.5, 0.6) is 0 Å². The van der Waals surface area contributed by atoms with Gasteiger partial charge in [-0.2, -0.15) is 0 Å². The maximum Gasteiger partial charge on any atom is 0.0945 e. The molecule has 0 spiro atoms. The van der Waals surface area contributed by atoms with E-state index in [9.17, 15) is 5.11 Å². The van der Waals surface area contributed by atoms with Crippen molar-refractivity contribution in [1.29, 1.82) is 0 Å². The summed E-state index contributed by atoms with van der Waals surface area (Å²) in [6.45, 7) is 1.74. The van der Waals surface area contributed by atoms with Crippen LogP contribution < -0.4 is 5.32 Å². The second-order valence-corrected chi connectivity index (χ2v) is 5.44. The van der Waals surface area contributed by atoms with Crippen LogP contribution in [0.2, 0.25) is 0 Å². The number of rotatable bonds is 7. The van der Waals surface area contributed by atoms with E-state index in [1.807, 2.05) is 24.3 Å². The molecule has 1 aliphatic carbocycles. The maximum absolute atomic E-state index is 9.70. The van der Waals surface area contributed by atoms with Gasteiger partial charge in [-0.15, -0.1) is 0 Å². The van der Waals surface area contributed by atoms with Crippen molar-refractivity contribution in [2.75, 3.05) is 25.1 Å². The monoisotopic (exact) mass is 299 g/mol. The normalized spacial score (nSPS) is 16.8. The molecule has 2 rings (SSSR count). The van der Waals surface area contributed by atoms with E-state index in [-0.39, 0.29) is 0 Å². The van der Waals surface area contributed by atoms with Crippen molar-refractivity contribution in [1.82, 2.24) is 0 Å². The molecule has 0 saturated heterocycles. The highest BCUT2D eigenvalue weighted by molar-refractivity contribution is 9.10. The third-order valence-electron chi connectivity index (χ3n) is 2.75. The fourth-order valence-electron chi connectivity index (χ4n) is 1.52. The first-order chi connectivity index (χ1) is 8.24. The molecule has 0 bridgehead atoms. The van der Waals surface area contributed by atoms with Gasteiger partial charge in [0.15, 0.2) is 0 Å². The number of ether oxygens (including phenoxy) is 1. The number of benzene rings is 1.